The molecule has 0 aliphatic heterocycles. The molecule has 2 N–H and O–H groups in total. The molecule has 2 aromatic rings. The van der Waals surface area contributed by atoms with Gasteiger partial charge in [0, 0.05) is 0 Å². The first-order valence-corrected chi connectivity index (χ1v) is 6.51. The van der Waals surface area contributed by atoms with Crippen molar-refractivity contribution in [3.63, 3.8) is 0 Å². The zero-order valence-corrected chi connectivity index (χ0v) is 14.3. The van der Waals surface area contributed by atoms with E-state index in [9.17, 15) is 9.59 Å². The summed E-state index contributed by atoms with van der Waals surface area (Å²) in [5.41, 5.74) is 2.77. The van der Waals surface area contributed by atoms with Crippen LogP contribution in [0.3, 0.4) is 0 Å². The Hall–Kier alpha value is -2.04. The number of aryl methyl sites for hydroxylation is 1. The summed E-state index contributed by atoms with van der Waals surface area (Å²) in [5, 5.41) is 16.9. The predicted octanol–water partition coefficient (Wildman–Crippen LogP) is 3.78. The van der Waals surface area contributed by atoms with E-state index in [1.54, 1.807) is 12.1 Å². The molecule has 0 amide bonds. The van der Waals surface area contributed by atoms with Crippen molar-refractivity contribution in [1.29, 1.82) is 0 Å². The Morgan fingerprint density at radius 1 is 0.783 bits per heavy atom. The molecule has 2 rings (SSSR count). The van der Waals surface area contributed by atoms with Crippen molar-refractivity contribution >= 4 is 36.8 Å². The number of carbonyl (C=O) groups is 2. The van der Waals surface area contributed by atoms with E-state index in [-0.39, 0.29) is 37.7 Å². The van der Waals surface area contributed by atoms with Gasteiger partial charge in [-0.1, -0.05) is 54.6 Å². The molecular weight excluding hydrogens is 339 g/mol. The largest absolute Gasteiger partial charge is 0.481 e. The van der Waals surface area contributed by atoms with Crippen molar-refractivity contribution < 1.29 is 19.8 Å². The lowest BCUT2D eigenvalue weighted by Crippen LogP contribution is -2.01. The molecule has 6 heteroatoms. The number of benzene rings is 2. The number of hydrogen-bond donors (Lipinski definition) is 2. The Morgan fingerprint density at radius 2 is 1.26 bits per heavy atom. The van der Waals surface area contributed by atoms with Crippen LogP contribution in [0.15, 0.2) is 54.6 Å². The molecule has 4 nitrogen and oxygen atoms in total. The van der Waals surface area contributed by atoms with Crippen LogP contribution in [-0.2, 0) is 22.4 Å². The molecule has 0 radical (unpaired) electrons. The topological polar surface area (TPSA) is 74.6 Å². The summed E-state index contributed by atoms with van der Waals surface area (Å²) in [6.07, 6.45) is 0.230. The quantitative estimate of drug-likeness (QED) is 0.871. The minimum atomic E-state index is -0.786. The number of rotatable bonds is 4. The Morgan fingerprint density at radius 3 is 1.74 bits per heavy atom. The average molecular weight is 359 g/mol. The maximum absolute atomic E-state index is 10.3. The van der Waals surface area contributed by atoms with Crippen LogP contribution in [0.4, 0.5) is 0 Å². The lowest BCUT2D eigenvalue weighted by atomic mass is 10.1. The van der Waals surface area contributed by atoms with E-state index in [1.807, 2.05) is 49.4 Å². The molecule has 23 heavy (non-hydrogen) atoms. The van der Waals surface area contributed by atoms with Gasteiger partial charge >= 0.3 is 11.9 Å². The van der Waals surface area contributed by atoms with E-state index in [0.717, 1.165) is 16.7 Å². The number of carboxylic acid groups (broad SMARTS) is 2. The molecule has 126 valence electrons. The summed E-state index contributed by atoms with van der Waals surface area (Å²) in [7, 11) is 0. The third-order valence-electron chi connectivity index (χ3n) is 2.80. The second-order valence-electron chi connectivity index (χ2n) is 4.55. The van der Waals surface area contributed by atoms with Crippen LogP contribution >= 0.6 is 24.8 Å². The minimum absolute atomic E-state index is 0. The van der Waals surface area contributed by atoms with Crippen molar-refractivity contribution in [2.24, 2.45) is 0 Å². The predicted molar refractivity (Wildman–Crippen MR) is 94.8 cm³/mol. The fraction of sp³-hybridized carbons (Fsp3) is 0.176. The van der Waals surface area contributed by atoms with Gasteiger partial charge in [-0.05, 0) is 23.6 Å². The van der Waals surface area contributed by atoms with E-state index in [0.29, 0.717) is 0 Å². The van der Waals surface area contributed by atoms with Crippen LogP contribution in [0.5, 0.6) is 0 Å². The van der Waals surface area contributed by atoms with Crippen LogP contribution in [0.2, 0.25) is 0 Å². The SMILES string of the molecule is Cc1ccccc1CC(=O)O.Cl.Cl.O=C(O)Cc1ccccc1. The normalized spacial score (nSPS) is 8.57. The summed E-state index contributed by atoms with van der Waals surface area (Å²) in [4.78, 5) is 20.5. The monoisotopic (exact) mass is 358 g/mol. The Labute approximate surface area is 148 Å². The molecule has 0 aliphatic carbocycles. The fourth-order valence-corrected chi connectivity index (χ4v) is 1.74. The highest BCUT2D eigenvalue weighted by molar-refractivity contribution is 5.85. The second-order valence-corrected chi connectivity index (χ2v) is 4.55. The van der Waals surface area contributed by atoms with E-state index in [1.165, 1.54) is 0 Å². The Balaban J connectivity index is 0. The summed E-state index contributed by atoms with van der Waals surface area (Å²) in [6, 6.07) is 16.6. The van der Waals surface area contributed by atoms with Crippen molar-refractivity contribution in [1.82, 2.24) is 0 Å². The standard InChI is InChI=1S/C9H10O2.C8H8O2.2ClH/c1-7-4-2-3-5-8(7)6-9(10)11;9-8(10)6-7-4-2-1-3-5-7;;/h2-5H,6H2,1H3,(H,10,11);1-5H,6H2,(H,9,10);2*1H. The average Bonchev–Trinajstić information content (AvgIpc) is 2.42. The van der Waals surface area contributed by atoms with Gasteiger partial charge < -0.3 is 10.2 Å². The van der Waals surface area contributed by atoms with Gasteiger partial charge in [-0.25, -0.2) is 0 Å². The van der Waals surface area contributed by atoms with Crippen LogP contribution in [0.1, 0.15) is 16.7 Å². The highest BCUT2D eigenvalue weighted by atomic mass is 35.5. The van der Waals surface area contributed by atoms with Gasteiger partial charge in [-0.3, -0.25) is 9.59 Å². The van der Waals surface area contributed by atoms with E-state index in [4.69, 9.17) is 10.2 Å². The zero-order chi connectivity index (χ0) is 15.7. The first kappa shape index (κ1) is 23.2. The first-order valence-electron chi connectivity index (χ1n) is 6.51. The summed E-state index contributed by atoms with van der Waals surface area (Å²) >= 11 is 0. The summed E-state index contributed by atoms with van der Waals surface area (Å²) in [6.45, 7) is 1.91. The highest BCUT2D eigenvalue weighted by Gasteiger charge is 2.01. The molecule has 0 aliphatic rings. The van der Waals surface area contributed by atoms with Crippen molar-refractivity contribution in [3.8, 4) is 0 Å². The Kier molecular flexibility index (Phi) is 12.6. The van der Waals surface area contributed by atoms with Gasteiger partial charge in [0.05, 0.1) is 12.8 Å². The smallest absolute Gasteiger partial charge is 0.307 e. The van der Waals surface area contributed by atoms with Gasteiger partial charge in [0.2, 0.25) is 0 Å². The minimum Gasteiger partial charge on any atom is -0.481 e. The number of hydrogen-bond acceptors (Lipinski definition) is 2. The maximum atomic E-state index is 10.3. The third kappa shape index (κ3) is 10.3. The summed E-state index contributed by atoms with van der Waals surface area (Å²) < 4.78 is 0. The van der Waals surface area contributed by atoms with Crippen LogP contribution in [-0.4, -0.2) is 22.2 Å². The zero-order valence-electron chi connectivity index (χ0n) is 12.6. The molecule has 0 saturated heterocycles. The van der Waals surface area contributed by atoms with Crippen molar-refractivity contribution in [2.45, 2.75) is 19.8 Å². The molecule has 0 saturated carbocycles. The number of halogens is 2. The first-order chi connectivity index (χ1) is 9.99. The molecular formula is C17H20Cl2O4. The van der Waals surface area contributed by atoms with Crippen LogP contribution in [0, 0.1) is 6.92 Å². The maximum Gasteiger partial charge on any atom is 0.307 e. The van der Waals surface area contributed by atoms with Crippen molar-refractivity contribution in [3.05, 3.63) is 71.3 Å². The molecule has 0 spiro atoms. The molecule has 0 fully saturated rings. The van der Waals surface area contributed by atoms with Gasteiger partial charge in [0.15, 0.2) is 0 Å². The number of aliphatic carboxylic acids is 2. The highest BCUT2D eigenvalue weighted by Crippen LogP contribution is 2.06. The van der Waals surface area contributed by atoms with E-state index in [2.05, 4.69) is 0 Å². The van der Waals surface area contributed by atoms with Crippen LogP contribution in [0.25, 0.3) is 0 Å². The van der Waals surface area contributed by atoms with Gasteiger partial charge in [-0.2, -0.15) is 0 Å². The fourth-order valence-electron chi connectivity index (χ4n) is 1.74. The molecule has 0 atom stereocenters. The molecule has 0 unspecified atom stereocenters. The van der Waals surface area contributed by atoms with Crippen LogP contribution < -0.4 is 0 Å². The number of carboxylic acids is 2. The van der Waals surface area contributed by atoms with Crippen molar-refractivity contribution in [2.75, 3.05) is 0 Å². The van der Waals surface area contributed by atoms with Gasteiger partial charge in [0.25, 0.3) is 0 Å². The third-order valence-corrected chi connectivity index (χ3v) is 2.80. The lowest BCUT2D eigenvalue weighted by Gasteiger charge is -1.99. The van der Waals surface area contributed by atoms with E-state index < -0.39 is 11.9 Å². The van der Waals surface area contributed by atoms with Gasteiger partial charge in [-0.15, -0.1) is 24.8 Å². The lowest BCUT2D eigenvalue weighted by molar-refractivity contribution is -0.137. The second kappa shape index (κ2) is 12.5. The molecule has 0 heterocycles. The molecule has 0 aromatic heterocycles. The van der Waals surface area contributed by atoms with Gasteiger partial charge in [0.1, 0.15) is 0 Å². The molecule has 2 aromatic carbocycles. The molecule has 0 bridgehead atoms. The van der Waals surface area contributed by atoms with E-state index >= 15 is 0 Å². The summed E-state index contributed by atoms with van der Waals surface area (Å²) in [5.74, 6) is -1.56. The Bertz CT molecular complexity index is 601.